The first-order valence-corrected chi connectivity index (χ1v) is 16.8. The number of anilines is 1. The molecule has 2 N–H and O–H groups in total. The van der Waals surface area contributed by atoms with Gasteiger partial charge >= 0.3 is 0 Å². The summed E-state index contributed by atoms with van der Waals surface area (Å²) in [6.07, 6.45) is 8.79. The molecule has 9 heteroatoms. The summed E-state index contributed by atoms with van der Waals surface area (Å²) in [5, 5.41) is 10.7. The summed E-state index contributed by atoms with van der Waals surface area (Å²) in [6.45, 7) is 9.34. The standard InChI is InChI=1S/C33H39ClN2O5S/c1-3-6-22-17-31(22)42(39,40)35-32(38)23-9-13-30-28(16-23)36(18-24-8-11-26(24)29(37)4-2)19-33(20-41-30)14-5-7-21-15-25(34)10-12-27(21)33/h3-4,9-10,12-13,15-16,22,24,26,29,31,37H,1-2,5-8,11,14,17-20H2,(H,35,38)/t22-,24+,26-,29+,31-,33+/m1/s1. The fraction of sp³-hybridized carbons (Fsp3) is 0.485. The van der Waals surface area contributed by atoms with E-state index in [1.54, 1.807) is 30.4 Å². The lowest BCUT2D eigenvalue weighted by molar-refractivity contribution is 0.0460. The van der Waals surface area contributed by atoms with Crippen LogP contribution in [0.4, 0.5) is 5.69 Å². The van der Waals surface area contributed by atoms with Crippen molar-refractivity contribution in [3.63, 3.8) is 0 Å². The average molecular weight is 611 g/mol. The lowest BCUT2D eigenvalue weighted by Crippen LogP contribution is -2.49. The average Bonchev–Trinajstić information content (AvgIpc) is 3.75. The van der Waals surface area contributed by atoms with Gasteiger partial charge in [-0.05, 0) is 104 Å². The van der Waals surface area contributed by atoms with Crippen LogP contribution in [0, 0.1) is 17.8 Å². The Labute approximate surface area is 253 Å². The van der Waals surface area contributed by atoms with Gasteiger partial charge in [-0.2, -0.15) is 0 Å². The van der Waals surface area contributed by atoms with Crippen molar-refractivity contribution in [3.05, 3.63) is 83.4 Å². The summed E-state index contributed by atoms with van der Waals surface area (Å²) in [5.74, 6) is 0.420. The molecule has 6 atom stereocenters. The minimum absolute atomic E-state index is 0.00881. The molecule has 2 aromatic carbocycles. The number of aliphatic hydroxyl groups excluding tert-OH is 1. The molecule has 7 nitrogen and oxygen atoms in total. The third-order valence-corrected chi connectivity index (χ3v) is 12.0. The summed E-state index contributed by atoms with van der Waals surface area (Å²) in [4.78, 5) is 15.6. The number of rotatable bonds is 9. The van der Waals surface area contributed by atoms with E-state index < -0.39 is 27.3 Å². The molecular weight excluding hydrogens is 572 g/mol. The quantitative estimate of drug-likeness (QED) is 0.369. The van der Waals surface area contributed by atoms with Crippen molar-refractivity contribution in [2.45, 2.75) is 61.7 Å². The van der Waals surface area contributed by atoms with Gasteiger partial charge in [0.25, 0.3) is 5.91 Å². The van der Waals surface area contributed by atoms with Crippen LogP contribution in [0.5, 0.6) is 5.75 Å². The van der Waals surface area contributed by atoms with E-state index in [9.17, 15) is 18.3 Å². The first-order valence-electron chi connectivity index (χ1n) is 14.9. The van der Waals surface area contributed by atoms with Crippen LogP contribution in [-0.2, 0) is 21.9 Å². The molecule has 2 fully saturated rings. The van der Waals surface area contributed by atoms with Gasteiger partial charge in [0.15, 0.2) is 0 Å². The number of allylic oxidation sites excluding steroid dienone is 1. The fourth-order valence-electron chi connectivity index (χ4n) is 7.31. The van der Waals surface area contributed by atoms with E-state index in [0.29, 0.717) is 38.3 Å². The van der Waals surface area contributed by atoms with Crippen LogP contribution in [-0.4, -0.2) is 50.5 Å². The Balaban J connectivity index is 1.32. The van der Waals surface area contributed by atoms with E-state index in [2.05, 4.69) is 34.9 Å². The topological polar surface area (TPSA) is 95.9 Å². The molecule has 224 valence electrons. The molecule has 6 rings (SSSR count). The molecule has 1 heterocycles. The first-order chi connectivity index (χ1) is 20.1. The predicted octanol–water partition coefficient (Wildman–Crippen LogP) is 5.41. The molecule has 1 amide bonds. The number of halogens is 1. The monoisotopic (exact) mass is 610 g/mol. The number of benzene rings is 2. The van der Waals surface area contributed by atoms with Gasteiger partial charge in [0.2, 0.25) is 10.0 Å². The van der Waals surface area contributed by atoms with Crippen LogP contribution in [0.25, 0.3) is 0 Å². The Hall–Kier alpha value is -2.81. The number of fused-ring (bicyclic) bond motifs is 3. The van der Waals surface area contributed by atoms with Crippen LogP contribution in [0.3, 0.4) is 0 Å². The fourth-order valence-corrected chi connectivity index (χ4v) is 9.15. The van der Waals surface area contributed by atoms with Gasteiger partial charge in [-0.3, -0.25) is 4.79 Å². The van der Waals surface area contributed by atoms with Gasteiger partial charge in [-0.25, -0.2) is 13.1 Å². The number of ether oxygens (including phenoxy) is 1. The van der Waals surface area contributed by atoms with E-state index in [1.165, 1.54) is 11.1 Å². The smallest absolute Gasteiger partial charge is 0.264 e. The van der Waals surface area contributed by atoms with Crippen LogP contribution in [0.15, 0.2) is 61.7 Å². The largest absolute Gasteiger partial charge is 0.490 e. The van der Waals surface area contributed by atoms with Gasteiger partial charge in [0.05, 0.1) is 23.6 Å². The molecule has 0 saturated heterocycles. The van der Waals surface area contributed by atoms with Crippen molar-refractivity contribution in [1.82, 2.24) is 4.72 Å². The van der Waals surface area contributed by atoms with E-state index in [4.69, 9.17) is 16.3 Å². The van der Waals surface area contributed by atoms with E-state index in [-0.39, 0.29) is 28.7 Å². The highest BCUT2D eigenvalue weighted by molar-refractivity contribution is 7.91. The number of hydrogen-bond acceptors (Lipinski definition) is 6. The van der Waals surface area contributed by atoms with Crippen molar-refractivity contribution >= 4 is 33.2 Å². The van der Waals surface area contributed by atoms with Gasteiger partial charge in [0, 0.05) is 29.1 Å². The lowest BCUT2D eigenvalue weighted by Gasteiger charge is -2.45. The summed E-state index contributed by atoms with van der Waals surface area (Å²) < 4.78 is 34.6. The number of nitrogens with one attached hydrogen (secondary N) is 1. The molecule has 1 spiro atoms. The number of nitrogens with zero attached hydrogens (tertiary/aromatic N) is 1. The van der Waals surface area contributed by atoms with Gasteiger partial charge in [-0.15, -0.1) is 13.2 Å². The number of aryl methyl sites for hydroxylation is 1. The minimum atomic E-state index is -3.78. The molecule has 3 aliphatic carbocycles. The number of hydrogen-bond donors (Lipinski definition) is 2. The van der Waals surface area contributed by atoms with E-state index in [0.717, 1.165) is 42.8 Å². The number of carbonyl (C=O) groups excluding carboxylic acids is 1. The van der Waals surface area contributed by atoms with Gasteiger partial charge < -0.3 is 14.7 Å². The Bertz CT molecular complexity index is 1510. The number of amides is 1. The highest BCUT2D eigenvalue weighted by Gasteiger charge is 2.47. The van der Waals surface area contributed by atoms with Crippen molar-refractivity contribution in [1.29, 1.82) is 0 Å². The molecule has 4 aliphatic rings. The van der Waals surface area contributed by atoms with Crippen LogP contribution in [0.2, 0.25) is 5.02 Å². The van der Waals surface area contributed by atoms with Crippen LogP contribution >= 0.6 is 11.6 Å². The van der Waals surface area contributed by atoms with Crippen molar-refractivity contribution in [3.8, 4) is 5.75 Å². The zero-order valence-electron chi connectivity index (χ0n) is 23.8. The summed E-state index contributed by atoms with van der Waals surface area (Å²) in [7, 11) is -3.78. The second-order valence-electron chi connectivity index (χ2n) is 12.5. The van der Waals surface area contributed by atoms with Crippen LogP contribution < -0.4 is 14.4 Å². The Morgan fingerprint density at radius 1 is 1.21 bits per heavy atom. The molecule has 2 aromatic rings. The Morgan fingerprint density at radius 2 is 2.05 bits per heavy atom. The maximum absolute atomic E-state index is 13.3. The van der Waals surface area contributed by atoms with E-state index >= 15 is 0 Å². The maximum Gasteiger partial charge on any atom is 0.264 e. The highest BCUT2D eigenvalue weighted by Crippen LogP contribution is 2.47. The Kier molecular flexibility index (Phi) is 7.92. The third kappa shape index (κ3) is 5.49. The Morgan fingerprint density at radius 3 is 2.79 bits per heavy atom. The van der Waals surface area contributed by atoms with Gasteiger partial charge in [0.1, 0.15) is 5.75 Å². The molecule has 2 saturated carbocycles. The first kappa shape index (κ1) is 29.3. The summed E-state index contributed by atoms with van der Waals surface area (Å²) in [6, 6.07) is 11.3. The number of sulfonamides is 1. The third-order valence-electron chi connectivity index (χ3n) is 9.87. The maximum atomic E-state index is 13.3. The van der Waals surface area contributed by atoms with Gasteiger partial charge in [-0.1, -0.05) is 29.8 Å². The van der Waals surface area contributed by atoms with Crippen LogP contribution in [0.1, 0.15) is 60.0 Å². The normalized spacial score (nSPS) is 28.8. The summed E-state index contributed by atoms with van der Waals surface area (Å²) >= 11 is 6.37. The lowest BCUT2D eigenvalue weighted by atomic mass is 9.68. The number of carbonyl (C=O) groups is 1. The zero-order valence-corrected chi connectivity index (χ0v) is 25.4. The molecule has 1 aliphatic heterocycles. The molecule has 42 heavy (non-hydrogen) atoms. The van der Waals surface area contributed by atoms with E-state index in [1.807, 2.05) is 6.07 Å². The van der Waals surface area contributed by atoms with Crippen molar-refractivity contribution in [2.75, 3.05) is 24.6 Å². The molecule has 0 unspecified atom stereocenters. The number of aliphatic hydroxyl groups is 1. The summed E-state index contributed by atoms with van der Waals surface area (Å²) in [5.41, 5.74) is 3.26. The SMILES string of the molecule is C=CC[C@@H]1C[C@H]1S(=O)(=O)NC(=O)c1ccc2c(c1)N(C[C@@H]1CC[C@H]1[C@@H](O)C=C)C[C@@]1(CCCc3cc(Cl)ccc31)CO2. The predicted molar refractivity (Wildman–Crippen MR) is 166 cm³/mol. The minimum Gasteiger partial charge on any atom is -0.490 e. The zero-order chi connectivity index (χ0) is 29.6. The second kappa shape index (κ2) is 11.4. The molecular formula is C33H39ClN2O5S. The van der Waals surface area contributed by atoms with Crippen molar-refractivity contribution < 1.29 is 23.1 Å². The van der Waals surface area contributed by atoms with Crippen molar-refractivity contribution in [2.24, 2.45) is 17.8 Å². The molecule has 0 bridgehead atoms. The second-order valence-corrected chi connectivity index (χ2v) is 14.9. The molecule has 0 radical (unpaired) electrons. The molecule has 0 aromatic heterocycles. The highest BCUT2D eigenvalue weighted by atomic mass is 35.5.